The lowest BCUT2D eigenvalue weighted by Crippen LogP contribution is -2.15. The third kappa shape index (κ3) is 5.60. The van der Waals surface area contributed by atoms with Gasteiger partial charge >= 0.3 is 18.5 Å². The Morgan fingerprint density at radius 3 is 1.29 bits per heavy atom. The van der Waals surface area contributed by atoms with E-state index in [-0.39, 0.29) is 24.3 Å². The van der Waals surface area contributed by atoms with E-state index in [1.54, 1.807) is 0 Å². The summed E-state index contributed by atoms with van der Waals surface area (Å²) < 4.78 is 187. The predicted molar refractivity (Wildman–Crippen MR) is 103 cm³/mol. The maximum atomic E-state index is 15.2. The highest BCUT2D eigenvalue weighted by molar-refractivity contribution is 5.60. The van der Waals surface area contributed by atoms with Gasteiger partial charge in [-0.15, -0.1) is 0 Å². The van der Waals surface area contributed by atoms with Crippen LogP contribution in [0.1, 0.15) is 16.7 Å². The Bertz CT molecular complexity index is 1400. The molecule has 4 N–H and O–H groups in total. The van der Waals surface area contributed by atoms with Gasteiger partial charge in [-0.05, 0) is 18.2 Å². The van der Waals surface area contributed by atoms with Crippen LogP contribution in [0.3, 0.4) is 0 Å². The summed E-state index contributed by atoms with van der Waals surface area (Å²) in [6, 6.07) is -0.512. The zero-order chi connectivity index (χ0) is 29.0. The van der Waals surface area contributed by atoms with Gasteiger partial charge in [0.2, 0.25) is 11.6 Å². The monoisotopic (exact) mass is 568 g/mol. The average Bonchev–Trinajstić information content (AvgIpc) is 2.69. The Hall–Kier alpha value is -4.05. The molecular weight excluding hydrogens is 559 g/mol. The summed E-state index contributed by atoms with van der Waals surface area (Å²) in [6.45, 7) is 0. The van der Waals surface area contributed by atoms with Crippen LogP contribution in [0.5, 0.6) is 23.0 Å². The zero-order valence-electron chi connectivity index (χ0n) is 17.8. The van der Waals surface area contributed by atoms with E-state index in [2.05, 4.69) is 9.47 Å². The number of anilines is 2. The molecule has 3 aromatic rings. The SMILES string of the molecule is Nc1cc(F)cc(Oc2c(F)cc(C(F)(F)F)c(Oc3cc(F)cc(N)c3C(F)(F)F)c2F)c1C(F)(F)F. The van der Waals surface area contributed by atoms with Gasteiger partial charge in [0.15, 0.2) is 11.6 Å². The Labute approximate surface area is 202 Å². The molecular formula is C21H9F13N2O2. The lowest BCUT2D eigenvalue weighted by atomic mass is 10.1. The molecule has 0 saturated heterocycles. The molecule has 3 aromatic carbocycles. The molecule has 0 aliphatic rings. The molecule has 3 rings (SSSR count). The molecule has 0 fully saturated rings. The van der Waals surface area contributed by atoms with Crippen LogP contribution in [0.2, 0.25) is 0 Å². The molecule has 0 spiro atoms. The first-order valence-corrected chi connectivity index (χ1v) is 9.49. The molecule has 206 valence electrons. The summed E-state index contributed by atoms with van der Waals surface area (Å²) in [4.78, 5) is 0. The van der Waals surface area contributed by atoms with Crippen molar-refractivity contribution in [3.63, 3.8) is 0 Å². The number of hydrogen-bond acceptors (Lipinski definition) is 4. The minimum absolute atomic E-state index is 0.0642. The molecule has 0 bridgehead atoms. The highest BCUT2D eigenvalue weighted by Gasteiger charge is 2.43. The molecule has 0 amide bonds. The minimum atomic E-state index is -5.74. The standard InChI is InChI=1S/C21H9F13N2O2/c22-6-1-10(35)14(20(29,30)31)12(3-6)37-17-8(19(26,27)28)5-9(24)18(16(17)25)38-13-4-7(23)2-11(36)15(13)21(32,33)34/h1-5H,35-36H2. The van der Waals surface area contributed by atoms with Gasteiger partial charge in [0.05, 0.1) is 11.4 Å². The normalized spacial score (nSPS) is 12.6. The second kappa shape index (κ2) is 9.36. The first kappa shape index (κ1) is 28.5. The number of alkyl halides is 9. The minimum Gasteiger partial charge on any atom is -0.453 e. The summed E-state index contributed by atoms with van der Waals surface area (Å²) in [7, 11) is 0. The lowest BCUT2D eigenvalue weighted by molar-refractivity contribution is -0.140. The average molecular weight is 568 g/mol. The van der Waals surface area contributed by atoms with Crippen molar-refractivity contribution in [3.8, 4) is 23.0 Å². The summed E-state index contributed by atoms with van der Waals surface area (Å²) in [5.41, 5.74) is 0.950. The van der Waals surface area contributed by atoms with Crippen LogP contribution in [0.15, 0.2) is 30.3 Å². The van der Waals surface area contributed by atoms with Crippen LogP contribution < -0.4 is 20.9 Å². The van der Waals surface area contributed by atoms with E-state index >= 15 is 4.39 Å². The molecule has 0 unspecified atom stereocenters. The van der Waals surface area contributed by atoms with Crippen molar-refractivity contribution >= 4 is 11.4 Å². The van der Waals surface area contributed by atoms with E-state index in [0.29, 0.717) is 0 Å². The quantitative estimate of drug-likeness (QED) is 0.247. The number of rotatable bonds is 4. The largest absolute Gasteiger partial charge is 0.453 e. The van der Waals surface area contributed by atoms with Gasteiger partial charge in [0.25, 0.3) is 0 Å². The van der Waals surface area contributed by atoms with Crippen molar-refractivity contribution in [2.24, 2.45) is 0 Å². The Morgan fingerprint density at radius 2 is 0.921 bits per heavy atom. The van der Waals surface area contributed by atoms with E-state index in [4.69, 9.17) is 11.5 Å². The topological polar surface area (TPSA) is 70.5 Å². The molecule has 0 aliphatic heterocycles. The maximum Gasteiger partial charge on any atom is 0.421 e. The number of ether oxygens (including phenoxy) is 2. The molecule has 38 heavy (non-hydrogen) atoms. The van der Waals surface area contributed by atoms with E-state index < -0.39 is 98.9 Å². The first-order valence-electron chi connectivity index (χ1n) is 9.49. The molecule has 4 nitrogen and oxygen atoms in total. The maximum absolute atomic E-state index is 15.2. The highest BCUT2D eigenvalue weighted by atomic mass is 19.4. The number of halogens is 13. The van der Waals surface area contributed by atoms with Crippen LogP contribution in [-0.2, 0) is 18.5 Å². The van der Waals surface area contributed by atoms with Gasteiger partial charge in [-0.2, -0.15) is 43.9 Å². The van der Waals surface area contributed by atoms with E-state index in [9.17, 15) is 52.7 Å². The van der Waals surface area contributed by atoms with Gasteiger partial charge in [-0.1, -0.05) is 0 Å². The summed E-state index contributed by atoms with van der Waals surface area (Å²) >= 11 is 0. The van der Waals surface area contributed by atoms with Gasteiger partial charge in [-0.25, -0.2) is 13.2 Å². The third-order valence-corrected chi connectivity index (χ3v) is 4.62. The first-order chi connectivity index (χ1) is 17.2. The van der Waals surface area contributed by atoms with Crippen molar-refractivity contribution in [1.82, 2.24) is 0 Å². The van der Waals surface area contributed by atoms with Gasteiger partial charge in [0, 0.05) is 12.1 Å². The lowest BCUT2D eigenvalue weighted by Gasteiger charge is -2.21. The number of hydrogen-bond donors (Lipinski definition) is 2. The molecule has 0 heterocycles. The van der Waals surface area contributed by atoms with Crippen LogP contribution in [0, 0.1) is 23.3 Å². The van der Waals surface area contributed by atoms with Crippen LogP contribution in [-0.4, -0.2) is 0 Å². The molecule has 0 aliphatic carbocycles. The second-order valence-electron chi connectivity index (χ2n) is 7.31. The second-order valence-corrected chi connectivity index (χ2v) is 7.31. The fourth-order valence-corrected chi connectivity index (χ4v) is 3.18. The molecule has 0 saturated carbocycles. The van der Waals surface area contributed by atoms with Crippen molar-refractivity contribution in [2.45, 2.75) is 18.5 Å². The van der Waals surface area contributed by atoms with E-state index in [0.717, 1.165) is 0 Å². The molecule has 17 heteroatoms. The van der Waals surface area contributed by atoms with Gasteiger partial charge < -0.3 is 20.9 Å². The molecule has 0 radical (unpaired) electrons. The Morgan fingerprint density at radius 1 is 0.526 bits per heavy atom. The molecule has 0 aromatic heterocycles. The Balaban J connectivity index is 2.30. The fraction of sp³-hybridized carbons (Fsp3) is 0.143. The number of nitrogen functional groups attached to an aromatic ring is 2. The van der Waals surface area contributed by atoms with Gasteiger partial charge in [0.1, 0.15) is 39.8 Å². The fourth-order valence-electron chi connectivity index (χ4n) is 3.18. The molecule has 0 atom stereocenters. The Kier molecular flexibility index (Phi) is 7.02. The van der Waals surface area contributed by atoms with E-state index in [1.807, 2.05) is 0 Å². The summed E-state index contributed by atoms with van der Waals surface area (Å²) in [5, 5.41) is 0. The predicted octanol–water partition coefficient (Wildman–Crippen LogP) is 8.05. The van der Waals surface area contributed by atoms with E-state index in [1.165, 1.54) is 0 Å². The van der Waals surface area contributed by atoms with Crippen molar-refractivity contribution in [2.75, 3.05) is 11.5 Å². The zero-order valence-corrected chi connectivity index (χ0v) is 17.8. The van der Waals surface area contributed by atoms with Crippen molar-refractivity contribution in [3.05, 3.63) is 70.3 Å². The number of benzene rings is 3. The van der Waals surface area contributed by atoms with Crippen molar-refractivity contribution < 1.29 is 66.5 Å². The van der Waals surface area contributed by atoms with Crippen LogP contribution in [0.25, 0.3) is 0 Å². The highest BCUT2D eigenvalue weighted by Crippen LogP contribution is 2.49. The van der Waals surface area contributed by atoms with Crippen LogP contribution in [0.4, 0.5) is 68.5 Å². The summed E-state index contributed by atoms with van der Waals surface area (Å²) in [5.74, 6) is -15.9. The summed E-state index contributed by atoms with van der Waals surface area (Å²) in [6.07, 6.45) is -16.7. The van der Waals surface area contributed by atoms with Crippen LogP contribution >= 0.6 is 0 Å². The smallest absolute Gasteiger partial charge is 0.421 e. The number of nitrogens with two attached hydrogens (primary N) is 2. The van der Waals surface area contributed by atoms with Gasteiger partial charge in [-0.3, -0.25) is 0 Å². The third-order valence-electron chi connectivity index (χ3n) is 4.62. The van der Waals surface area contributed by atoms with Crippen molar-refractivity contribution in [1.29, 1.82) is 0 Å².